The topological polar surface area (TPSA) is 52.9 Å². The van der Waals surface area contributed by atoms with Gasteiger partial charge in [-0.15, -0.1) is 0 Å². The summed E-state index contributed by atoms with van der Waals surface area (Å²) in [6, 6.07) is 2.43. The predicted molar refractivity (Wildman–Crippen MR) is 67.1 cm³/mol. The van der Waals surface area contributed by atoms with E-state index in [9.17, 15) is 10.1 Å². The summed E-state index contributed by atoms with van der Waals surface area (Å²) < 4.78 is 0. The molecule has 90 valence electrons. The first-order valence-electron chi connectivity index (χ1n) is 5.89. The van der Waals surface area contributed by atoms with E-state index >= 15 is 0 Å². The van der Waals surface area contributed by atoms with Gasteiger partial charge in [-0.2, -0.15) is 17.0 Å². The van der Waals surface area contributed by atoms with E-state index in [1.54, 1.807) is 11.8 Å². The lowest BCUT2D eigenvalue weighted by Crippen LogP contribution is -2.44. The molecule has 1 atom stereocenters. The van der Waals surface area contributed by atoms with Gasteiger partial charge in [0.25, 0.3) is 0 Å². The molecule has 16 heavy (non-hydrogen) atoms. The fourth-order valence-electron chi connectivity index (χ4n) is 2.15. The Balaban J connectivity index is 2.59. The molecule has 1 rings (SSSR count). The molecule has 0 spiro atoms. The van der Waals surface area contributed by atoms with Crippen molar-refractivity contribution in [3.05, 3.63) is 0 Å². The molecule has 0 aromatic carbocycles. The first-order valence-corrected chi connectivity index (χ1v) is 7.29. The molecule has 0 aliphatic heterocycles. The minimum absolute atomic E-state index is 0.0478. The van der Waals surface area contributed by atoms with Gasteiger partial charge in [0, 0.05) is 11.8 Å². The van der Waals surface area contributed by atoms with E-state index in [0.29, 0.717) is 0 Å². The number of carbonyl (C=O) groups is 1. The number of hydrogen-bond donors (Lipinski definition) is 1. The van der Waals surface area contributed by atoms with Gasteiger partial charge in [-0.25, -0.2) is 0 Å². The molecule has 3 nitrogen and oxygen atoms in total. The third-order valence-corrected chi connectivity index (χ3v) is 4.04. The van der Waals surface area contributed by atoms with Crippen LogP contribution in [0.2, 0.25) is 0 Å². The first kappa shape index (κ1) is 13.4. The zero-order valence-electron chi connectivity index (χ0n) is 10.1. The van der Waals surface area contributed by atoms with Crippen molar-refractivity contribution in [3.8, 4) is 6.07 Å². The molecular formula is C12H20N2OS. The Morgan fingerprint density at radius 1 is 1.56 bits per heavy atom. The van der Waals surface area contributed by atoms with Crippen LogP contribution in [0.3, 0.4) is 0 Å². The maximum Gasteiger partial charge on any atom is 0.240 e. The summed E-state index contributed by atoms with van der Waals surface area (Å²) >= 11 is 1.73. The summed E-state index contributed by atoms with van der Waals surface area (Å²) in [6.07, 6.45) is 6.41. The predicted octanol–water partition coefficient (Wildman–Crippen LogP) is 2.33. The molecular weight excluding hydrogens is 220 g/mol. The van der Waals surface area contributed by atoms with E-state index in [-0.39, 0.29) is 11.9 Å². The van der Waals surface area contributed by atoms with Crippen molar-refractivity contribution in [1.29, 1.82) is 5.26 Å². The zero-order valence-corrected chi connectivity index (χ0v) is 10.9. The molecule has 0 heterocycles. The lowest BCUT2D eigenvalue weighted by molar-refractivity contribution is -0.128. The Morgan fingerprint density at radius 2 is 2.19 bits per heavy atom. The second-order valence-corrected chi connectivity index (χ2v) is 5.35. The van der Waals surface area contributed by atoms with Crippen LogP contribution in [0.5, 0.6) is 0 Å². The van der Waals surface area contributed by atoms with Gasteiger partial charge in [0.05, 0.1) is 6.07 Å². The van der Waals surface area contributed by atoms with Gasteiger partial charge in [0.2, 0.25) is 5.91 Å². The third-order valence-electron chi connectivity index (χ3n) is 3.30. The van der Waals surface area contributed by atoms with E-state index in [0.717, 1.165) is 37.9 Å². The Hall–Kier alpha value is -0.690. The lowest BCUT2D eigenvalue weighted by atomic mass is 9.87. The fourth-order valence-corrected chi connectivity index (χ4v) is 2.88. The second kappa shape index (κ2) is 6.15. The van der Waals surface area contributed by atoms with E-state index in [1.807, 2.05) is 6.26 Å². The van der Waals surface area contributed by atoms with Crippen LogP contribution in [0, 0.1) is 16.7 Å². The van der Waals surface area contributed by atoms with Crippen LogP contribution in [0.1, 0.15) is 39.0 Å². The standard InChI is InChI=1S/C12H20N2OS/c1-3-10(8-16-2)14-11(15)12(9-13)6-4-5-7-12/h10H,3-8H2,1-2H3,(H,14,15). The van der Waals surface area contributed by atoms with Crippen molar-refractivity contribution in [2.75, 3.05) is 12.0 Å². The molecule has 1 aliphatic rings. The molecule has 1 saturated carbocycles. The molecule has 0 bridgehead atoms. The largest absolute Gasteiger partial charge is 0.351 e. The van der Waals surface area contributed by atoms with Crippen molar-refractivity contribution in [3.63, 3.8) is 0 Å². The second-order valence-electron chi connectivity index (χ2n) is 4.43. The average molecular weight is 240 g/mol. The number of nitriles is 1. The molecule has 0 radical (unpaired) electrons. The van der Waals surface area contributed by atoms with E-state index in [1.165, 1.54) is 0 Å². The summed E-state index contributed by atoms with van der Waals surface area (Å²) in [5.41, 5.74) is -0.730. The number of rotatable bonds is 5. The third kappa shape index (κ3) is 2.91. The van der Waals surface area contributed by atoms with Crippen molar-refractivity contribution < 1.29 is 4.79 Å². The lowest BCUT2D eigenvalue weighted by Gasteiger charge is -2.23. The van der Waals surface area contributed by atoms with Crippen LogP contribution in [-0.4, -0.2) is 24.0 Å². The van der Waals surface area contributed by atoms with Gasteiger partial charge in [-0.3, -0.25) is 4.79 Å². The summed E-state index contributed by atoms with van der Waals surface area (Å²) in [7, 11) is 0. The minimum atomic E-state index is -0.730. The molecule has 1 amide bonds. The van der Waals surface area contributed by atoms with Gasteiger partial charge >= 0.3 is 0 Å². The number of amides is 1. The van der Waals surface area contributed by atoms with E-state index in [2.05, 4.69) is 18.3 Å². The highest BCUT2D eigenvalue weighted by atomic mass is 32.2. The summed E-state index contributed by atoms with van der Waals surface area (Å²) in [4.78, 5) is 12.1. The molecule has 0 aromatic rings. The monoisotopic (exact) mass is 240 g/mol. The van der Waals surface area contributed by atoms with Crippen molar-refractivity contribution in [2.24, 2.45) is 5.41 Å². The van der Waals surface area contributed by atoms with Crippen LogP contribution in [-0.2, 0) is 4.79 Å². The van der Waals surface area contributed by atoms with E-state index < -0.39 is 5.41 Å². The van der Waals surface area contributed by atoms with E-state index in [4.69, 9.17) is 0 Å². The van der Waals surface area contributed by atoms with Crippen LogP contribution in [0.15, 0.2) is 0 Å². The normalized spacial score (nSPS) is 20.1. The number of nitrogens with one attached hydrogen (secondary N) is 1. The fraction of sp³-hybridized carbons (Fsp3) is 0.833. The number of carbonyl (C=O) groups excluding carboxylic acids is 1. The van der Waals surface area contributed by atoms with Gasteiger partial charge in [-0.1, -0.05) is 19.8 Å². The Labute approximate surface area is 102 Å². The van der Waals surface area contributed by atoms with Crippen LogP contribution in [0.25, 0.3) is 0 Å². The molecule has 4 heteroatoms. The highest BCUT2D eigenvalue weighted by Crippen LogP contribution is 2.37. The Morgan fingerprint density at radius 3 is 2.62 bits per heavy atom. The summed E-state index contributed by atoms with van der Waals surface area (Å²) in [6.45, 7) is 2.06. The van der Waals surface area contributed by atoms with Gasteiger partial charge in [-0.05, 0) is 25.5 Å². The molecule has 1 unspecified atom stereocenters. The first-order chi connectivity index (χ1) is 7.68. The van der Waals surface area contributed by atoms with Crippen molar-refractivity contribution in [1.82, 2.24) is 5.32 Å². The van der Waals surface area contributed by atoms with Gasteiger partial charge in [0.1, 0.15) is 5.41 Å². The number of nitrogens with zero attached hydrogens (tertiary/aromatic N) is 1. The highest BCUT2D eigenvalue weighted by molar-refractivity contribution is 7.98. The molecule has 0 saturated heterocycles. The van der Waals surface area contributed by atoms with Crippen molar-refractivity contribution >= 4 is 17.7 Å². The Kier molecular flexibility index (Phi) is 5.14. The highest BCUT2D eigenvalue weighted by Gasteiger charge is 2.41. The maximum absolute atomic E-state index is 12.1. The smallest absolute Gasteiger partial charge is 0.240 e. The van der Waals surface area contributed by atoms with Crippen LogP contribution >= 0.6 is 11.8 Å². The van der Waals surface area contributed by atoms with Crippen LogP contribution < -0.4 is 5.32 Å². The van der Waals surface area contributed by atoms with Gasteiger partial charge < -0.3 is 5.32 Å². The minimum Gasteiger partial charge on any atom is -0.351 e. The summed E-state index contributed by atoms with van der Waals surface area (Å²) in [5, 5.41) is 12.2. The molecule has 0 aromatic heterocycles. The van der Waals surface area contributed by atoms with Gasteiger partial charge in [0.15, 0.2) is 0 Å². The molecule has 1 fully saturated rings. The molecule has 1 aliphatic carbocycles. The summed E-state index contributed by atoms with van der Waals surface area (Å²) in [5.74, 6) is 0.873. The number of hydrogen-bond acceptors (Lipinski definition) is 3. The average Bonchev–Trinajstić information content (AvgIpc) is 2.78. The quantitative estimate of drug-likeness (QED) is 0.802. The molecule has 1 N–H and O–H groups in total. The maximum atomic E-state index is 12.1. The Bertz CT molecular complexity index is 279. The zero-order chi connectivity index (χ0) is 12.0. The van der Waals surface area contributed by atoms with Crippen LogP contribution in [0.4, 0.5) is 0 Å². The SMILES string of the molecule is CCC(CSC)NC(=O)C1(C#N)CCCC1. The number of thioether (sulfide) groups is 1. The van der Waals surface area contributed by atoms with Crippen molar-refractivity contribution in [2.45, 2.75) is 45.1 Å².